The van der Waals surface area contributed by atoms with Crippen molar-refractivity contribution in [3.05, 3.63) is 60.2 Å². The summed E-state index contributed by atoms with van der Waals surface area (Å²) >= 11 is 1.12. The van der Waals surface area contributed by atoms with E-state index in [1.807, 2.05) is 30.3 Å². The van der Waals surface area contributed by atoms with Crippen LogP contribution in [0.3, 0.4) is 0 Å². The Kier molecular flexibility index (Phi) is 3.24. The van der Waals surface area contributed by atoms with Gasteiger partial charge in [0.15, 0.2) is 0 Å². The van der Waals surface area contributed by atoms with Gasteiger partial charge in [-0.3, -0.25) is 0 Å². The molecular weight excluding hydrogens is 334 g/mol. The standard InChI is InChI=1S/C14H9N5O2S2/c20-23(21)12-9-5-4-8-11(12)13(16-23)22-14-15-17-18-19(14)10-6-2-1-3-7-10/h1-9H. The second kappa shape index (κ2) is 5.28. The van der Waals surface area contributed by atoms with Gasteiger partial charge in [0.2, 0.25) is 5.16 Å². The predicted octanol–water partition coefficient (Wildman–Crippen LogP) is 1.90. The molecule has 2 heterocycles. The molecule has 0 saturated carbocycles. The molecule has 0 bridgehead atoms. The molecule has 1 aromatic heterocycles. The lowest BCUT2D eigenvalue weighted by Gasteiger charge is -2.03. The summed E-state index contributed by atoms with van der Waals surface area (Å²) in [4.78, 5) is 0.209. The quantitative estimate of drug-likeness (QED) is 0.706. The van der Waals surface area contributed by atoms with Crippen LogP contribution in [0.4, 0.5) is 0 Å². The number of hydrogen-bond donors (Lipinski definition) is 0. The van der Waals surface area contributed by atoms with Gasteiger partial charge in [0.1, 0.15) is 5.04 Å². The molecule has 0 amide bonds. The molecule has 0 saturated heterocycles. The highest BCUT2D eigenvalue weighted by Crippen LogP contribution is 2.33. The third-order valence-corrected chi connectivity index (χ3v) is 5.62. The Bertz CT molecular complexity index is 1010. The Morgan fingerprint density at radius 2 is 1.70 bits per heavy atom. The van der Waals surface area contributed by atoms with E-state index in [4.69, 9.17) is 0 Å². The van der Waals surface area contributed by atoms with E-state index in [0.717, 1.165) is 17.4 Å². The summed E-state index contributed by atoms with van der Waals surface area (Å²) in [6, 6.07) is 16.1. The van der Waals surface area contributed by atoms with Gasteiger partial charge in [-0.15, -0.1) is 5.10 Å². The lowest BCUT2D eigenvalue weighted by molar-refractivity contribution is 0.599. The summed E-state index contributed by atoms with van der Waals surface area (Å²) in [5.41, 5.74) is 1.36. The number of sulfonamides is 1. The van der Waals surface area contributed by atoms with E-state index in [2.05, 4.69) is 19.9 Å². The average Bonchev–Trinajstić information content (AvgIpc) is 3.12. The fraction of sp³-hybridized carbons (Fsp3) is 0. The number of hydrogen-bond acceptors (Lipinski definition) is 6. The number of para-hydroxylation sites is 1. The normalized spacial score (nSPS) is 15.2. The molecule has 0 spiro atoms. The van der Waals surface area contributed by atoms with E-state index in [1.165, 1.54) is 0 Å². The number of aromatic nitrogens is 4. The second-order valence-corrected chi connectivity index (χ2v) is 7.21. The van der Waals surface area contributed by atoms with E-state index in [9.17, 15) is 8.42 Å². The van der Waals surface area contributed by atoms with Gasteiger partial charge in [0.05, 0.1) is 10.6 Å². The highest BCUT2D eigenvalue weighted by Gasteiger charge is 2.30. The highest BCUT2D eigenvalue weighted by molar-refractivity contribution is 8.15. The molecule has 0 unspecified atom stereocenters. The van der Waals surface area contributed by atoms with Gasteiger partial charge in [-0.25, -0.2) is 0 Å². The lowest BCUT2D eigenvalue weighted by atomic mass is 10.2. The Balaban J connectivity index is 1.76. The summed E-state index contributed by atoms with van der Waals surface area (Å²) in [7, 11) is -3.65. The molecule has 9 heteroatoms. The van der Waals surface area contributed by atoms with Crippen molar-refractivity contribution < 1.29 is 8.42 Å². The summed E-state index contributed by atoms with van der Waals surface area (Å²) in [6.45, 7) is 0. The summed E-state index contributed by atoms with van der Waals surface area (Å²) in [5, 5.41) is 12.4. The third kappa shape index (κ3) is 2.43. The van der Waals surface area contributed by atoms with Crippen LogP contribution in [0.2, 0.25) is 0 Å². The van der Waals surface area contributed by atoms with Crippen LogP contribution in [0.5, 0.6) is 0 Å². The molecule has 0 aliphatic carbocycles. The first-order valence-corrected chi connectivity index (χ1v) is 8.87. The average molecular weight is 343 g/mol. The van der Waals surface area contributed by atoms with Crippen LogP contribution >= 0.6 is 11.8 Å². The molecule has 2 aromatic carbocycles. The number of benzene rings is 2. The van der Waals surface area contributed by atoms with Gasteiger partial charge in [-0.2, -0.15) is 17.5 Å². The van der Waals surface area contributed by atoms with Crippen LogP contribution in [0, 0.1) is 0 Å². The topological polar surface area (TPSA) is 90.1 Å². The summed E-state index contributed by atoms with van der Waals surface area (Å²) < 4.78 is 29.6. The van der Waals surface area contributed by atoms with Gasteiger partial charge in [0, 0.05) is 5.56 Å². The monoisotopic (exact) mass is 343 g/mol. The zero-order valence-electron chi connectivity index (χ0n) is 11.6. The van der Waals surface area contributed by atoms with Crippen molar-refractivity contribution in [3.8, 4) is 5.69 Å². The molecule has 0 N–H and O–H groups in total. The Morgan fingerprint density at radius 3 is 2.52 bits per heavy atom. The van der Waals surface area contributed by atoms with Gasteiger partial charge in [0.25, 0.3) is 10.0 Å². The lowest BCUT2D eigenvalue weighted by Crippen LogP contribution is -2.01. The maximum absolute atomic E-state index is 12.1. The first-order chi connectivity index (χ1) is 11.1. The number of tetrazole rings is 1. The van der Waals surface area contributed by atoms with Crippen molar-refractivity contribution in [1.82, 2.24) is 20.2 Å². The highest BCUT2D eigenvalue weighted by atomic mass is 32.2. The molecular formula is C14H9N5O2S2. The molecule has 3 aromatic rings. The predicted molar refractivity (Wildman–Crippen MR) is 85.2 cm³/mol. The first kappa shape index (κ1) is 14.1. The maximum Gasteiger partial charge on any atom is 0.284 e. The van der Waals surface area contributed by atoms with Crippen LogP contribution in [0.15, 0.2) is 69.0 Å². The van der Waals surface area contributed by atoms with Crippen molar-refractivity contribution >= 4 is 26.8 Å². The van der Waals surface area contributed by atoms with E-state index < -0.39 is 10.0 Å². The van der Waals surface area contributed by atoms with E-state index >= 15 is 0 Å². The zero-order valence-corrected chi connectivity index (χ0v) is 13.2. The van der Waals surface area contributed by atoms with Crippen LogP contribution in [0.25, 0.3) is 5.69 Å². The summed E-state index contributed by atoms with van der Waals surface area (Å²) in [6.07, 6.45) is 0. The molecule has 1 aliphatic heterocycles. The van der Waals surface area contributed by atoms with Crippen LogP contribution < -0.4 is 0 Å². The molecule has 23 heavy (non-hydrogen) atoms. The van der Waals surface area contributed by atoms with Gasteiger partial charge < -0.3 is 0 Å². The van der Waals surface area contributed by atoms with Crippen LogP contribution in [-0.4, -0.2) is 33.7 Å². The molecule has 1 aliphatic rings. The maximum atomic E-state index is 12.1. The molecule has 0 fully saturated rings. The van der Waals surface area contributed by atoms with E-state index in [1.54, 1.807) is 28.9 Å². The Labute approximate surface area is 136 Å². The van der Waals surface area contributed by atoms with Crippen LogP contribution in [-0.2, 0) is 10.0 Å². The number of thioether (sulfide) groups is 1. The number of nitrogens with zero attached hydrogens (tertiary/aromatic N) is 5. The third-order valence-electron chi connectivity index (χ3n) is 3.23. The van der Waals surface area contributed by atoms with Gasteiger partial charge in [-0.05, 0) is 40.4 Å². The summed E-state index contributed by atoms with van der Waals surface area (Å²) in [5.74, 6) is 0. The smallest absolute Gasteiger partial charge is 0.199 e. The van der Waals surface area contributed by atoms with Gasteiger partial charge in [-0.1, -0.05) is 36.4 Å². The molecule has 7 nitrogen and oxygen atoms in total. The largest absolute Gasteiger partial charge is 0.284 e. The van der Waals surface area contributed by atoms with Crippen molar-refractivity contribution in [2.75, 3.05) is 0 Å². The van der Waals surface area contributed by atoms with Crippen molar-refractivity contribution in [2.24, 2.45) is 4.40 Å². The SMILES string of the molecule is O=S1(=O)N=C(Sc2nnnn2-c2ccccc2)c2ccccc21. The molecule has 4 rings (SSSR count). The Morgan fingerprint density at radius 1 is 0.957 bits per heavy atom. The zero-order chi connectivity index (χ0) is 15.9. The minimum absolute atomic E-state index is 0.209. The van der Waals surface area contributed by atoms with Crippen LogP contribution in [0.1, 0.15) is 5.56 Å². The van der Waals surface area contributed by atoms with E-state index in [-0.39, 0.29) is 4.90 Å². The molecule has 114 valence electrons. The fourth-order valence-corrected chi connectivity index (χ4v) is 4.59. The van der Waals surface area contributed by atoms with Crippen molar-refractivity contribution in [3.63, 3.8) is 0 Å². The number of rotatable bonds is 2. The first-order valence-electron chi connectivity index (χ1n) is 6.61. The second-order valence-electron chi connectivity index (χ2n) is 4.68. The Hall–Kier alpha value is -2.52. The molecule has 0 radical (unpaired) electrons. The van der Waals surface area contributed by atoms with Gasteiger partial charge >= 0.3 is 0 Å². The fourth-order valence-electron chi connectivity index (χ4n) is 2.21. The van der Waals surface area contributed by atoms with E-state index in [0.29, 0.717) is 15.8 Å². The number of fused-ring (bicyclic) bond motifs is 1. The minimum Gasteiger partial charge on any atom is -0.199 e. The minimum atomic E-state index is -3.65. The molecule has 0 atom stereocenters. The van der Waals surface area contributed by atoms with Crippen molar-refractivity contribution in [2.45, 2.75) is 10.1 Å². The van der Waals surface area contributed by atoms with Crippen molar-refractivity contribution in [1.29, 1.82) is 0 Å².